The molecular formula is C22H23FN2O3. The lowest BCUT2D eigenvalue weighted by Gasteiger charge is -2.17. The lowest BCUT2D eigenvalue weighted by molar-refractivity contribution is -0.122. The van der Waals surface area contributed by atoms with Crippen molar-refractivity contribution in [2.24, 2.45) is 11.8 Å². The van der Waals surface area contributed by atoms with Crippen molar-refractivity contribution in [2.45, 2.75) is 25.9 Å². The molecule has 0 radical (unpaired) electrons. The molecule has 146 valence electrons. The normalized spacial score (nSPS) is 19.1. The average Bonchev–Trinajstić information content (AvgIpc) is 3.42. The van der Waals surface area contributed by atoms with E-state index >= 15 is 0 Å². The molecule has 2 aromatic carbocycles. The second-order valence-corrected chi connectivity index (χ2v) is 7.50. The lowest BCUT2D eigenvalue weighted by Crippen LogP contribution is -2.28. The Bertz CT molecular complexity index is 882. The van der Waals surface area contributed by atoms with Gasteiger partial charge < -0.3 is 15.0 Å². The maximum Gasteiger partial charge on any atom is 0.229 e. The molecule has 1 aliphatic carbocycles. The van der Waals surface area contributed by atoms with Crippen molar-refractivity contribution >= 4 is 23.2 Å². The number of carbonyl (C=O) groups excluding carboxylic acids is 2. The molecule has 2 aliphatic rings. The number of nitrogens with one attached hydrogen (secondary N) is 1. The monoisotopic (exact) mass is 382 g/mol. The average molecular weight is 382 g/mol. The van der Waals surface area contributed by atoms with Gasteiger partial charge in [0.1, 0.15) is 5.82 Å². The van der Waals surface area contributed by atoms with E-state index in [2.05, 4.69) is 5.32 Å². The first-order valence-electron chi connectivity index (χ1n) is 9.62. The van der Waals surface area contributed by atoms with E-state index in [1.165, 1.54) is 23.8 Å². The Balaban J connectivity index is 1.36. The van der Waals surface area contributed by atoms with Crippen LogP contribution < -0.4 is 10.2 Å². The van der Waals surface area contributed by atoms with Crippen molar-refractivity contribution < 1.29 is 18.7 Å². The number of halogens is 1. The molecule has 1 saturated heterocycles. The maximum absolute atomic E-state index is 14.0. The quantitative estimate of drug-likeness (QED) is 0.794. The topological polar surface area (TPSA) is 58.6 Å². The minimum Gasteiger partial charge on any atom is -0.376 e. The van der Waals surface area contributed by atoms with E-state index in [9.17, 15) is 14.0 Å². The molecule has 2 fully saturated rings. The molecule has 4 rings (SSSR count). The molecule has 2 aromatic rings. The fraction of sp³-hybridized carbons (Fsp3) is 0.364. The second kappa shape index (κ2) is 8.10. The first kappa shape index (κ1) is 18.6. The maximum atomic E-state index is 14.0. The number of carbonyl (C=O) groups is 2. The smallest absolute Gasteiger partial charge is 0.229 e. The number of benzene rings is 2. The highest BCUT2D eigenvalue weighted by molar-refractivity contribution is 6.03. The summed E-state index contributed by atoms with van der Waals surface area (Å²) in [7, 11) is 0. The molecule has 1 saturated carbocycles. The number of hydrogen-bond acceptors (Lipinski definition) is 3. The van der Waals surface area contributed by atoms with Crippen LogP contribution in [0, 0.1) is 17.7 Å². The Kier molecular flexibility index (Phi) is 5.39. The third-order valence-corrected chi connectivity index (χ3v) is 5.15. The Morgan fingerprint density at radius 3 is 2.79 bits per heavy atom. The zero-order valence-electron chi connectivity index (χ0n) is 15.6. The summed E-state index contributed by atoms with van der Waals surface area (Å²) in [6, 6.07) is 13.6. The van der Waals surface area contributed by atoms with Gasteiger partial charge in [-0.05, 0) is 48.6 Å². The van der Waals surface area contributed by atoms with Gasteiger partial charge in [-0.3, -0.25) is 9.59 Å². The number of ether oxygens (including phenoxy) is 1. The number of rotatable bonds is 7. The second-order valence-electron chi connectivity index (χ2n) is 7.50. The molecule has 0 aromatic heterocycles. The van der Waals surface area contributed by atoms with E-state index in [0.29, 0.717) is 18.2 Å². The predicted octanol–water partition coefficient (Wildman–Crippen LogP) is 3.74. The fourth-order valence-electron chi connectivity index (χ4n) is 3.40. The van der Waals surface area contributed by atoms with Crippen molar-refractivity contribution in [2.75, 3.05) is 23.4 Å². The van der Waals surface area contributed by atoms with E-state index in [0.717, 1.165) is 12.2 Å². The van der Waals surface area contributed by atoms with Crippen LogP contribution in [-0.4, -0.2) is 25.0 Å². The molecule has 28 heavy (non-hydrogen) atoms. The van der Waals surface area contributed by atoms with Crippen molar-refractivity contribution in [3.8, 4) is 0 Å². The van der Waals surface area contributed by atoms with Crippen LogP contribution in [0.2, 0.25) is 0 Å². The molecule has 1 atom stereocenters. The van der Waals surface area contributed by atoms with Crippen LogP contribution in [0.5, 0.6) is 0 Å². The first-order valence-corrected chi connectivity index (χ1v) is 9.62. The number of nitrogens with zero attached hydrogens (tertiary/aromatic N) is 1. The minimum atomic E-state index is -0.512. The number of amides is 2. The highest BCUT2D eigenvalue weighted by atomic mass is 19.1. The van der Waals surface area contributed by atoms with Gasteiger partial charge in [-0.2, -0.15) is 0 Å². The number of anilines is 2. The van der Waals surface area contributed by atoms with E-state index in [4.69, 9.17) is 4.74 Å². The standard InChI is InChI=1S/C22H23FN2O3/c23-19-6-1-2-7-20(19)25-12-17(11-21(25)26)22(27)24-18-5-3-4-16(10-18)14-28-13-15-8-9-15/h1-7,10,15,17H,8-9,11-14H2,(H,24,27). The first-order chi connectivity index (χ1) is 13.6. The molecule has 1 aliphatic heterocycles. The van der Waals surface area contributed by atoms with Gasteiger partial charge in [-0.15, -0.1) is 0 Å². The van der Waals surface area contributed by atoms with Crippen LogP contribution in [0.4, 0.5) is 15.8 Å². The summed E-state index contributed by atoms with van der Waals surface area (Å²) < 4.78 is 19.7. The summed E-state index contributed by atoms with van der Waals surface area (Å²) in [5.41, 5.74) is 1.89. The molecule has 1 N–H and O–H groups in total. The zero-order chi connectivity index (χ0) is 19.5. The summed E-state index contributed by atoms with van der Waals surface area (Å²) in [6.45, 7) is 1.48. The molecule has 6 heteroatoms. The van der Waals surface area contributed by atoms with E-state index in [1.54, 1.807) is 18.2 Å². The fourth-order valence-corrected chi connectivity index (χ4v) is 3.40. The molecule has 0 spiro atoms. The summed E-state index contributed by atoms with van der Waals surface area (Å²) in [5.74, 6) is -0.742. The van der Waals surface area contributed by atoms with Crippen LogP contribution in [0.3, 0.4) is 0 Å². The van der Waals surface area contributed by atoms with Crippen molar-refractivity contribution in [3.63, 3.8) is 0 Å². The van der Waals surface area contributed by atoms with Crippen LogP contribution in [-0.2, 0) is 20.9 Å². The Labute approximate surface area is 163 Å². The van der Waals surface area contributed by atoms with Gasteiger partial charge in [0.15, 0.2) is 0 Å². The van der Waals surface area contributed by atoms with Crippen molar-refractivity contribution in [3.05, 3.63) is 59.9 Å². The van der Waals surface area contributed by atoms with Crippen LogP contribution in [0.15, 0.2) is 48.5 Å². The van der Waals surface area contributed by atoms with Gasteiger partial charge in [0.05, 0.1) is 18.2 Å². The van der Waals surface area contributed by atoms with Crippen LogP contribution >= 0.6 is 0 Å². The zero-order valence-corrected chi connectivity index (χ0v) is 15.6. The lowest BCUT2D eigenvalue weighted by atomic mass is 10.1. The molecule has 2 amide bonds. The summed E-state index contributed by atoms with van der Waals surface area (Å²) in [5, 5.41) is 2.88. The van der Waals surface area contributed by atoms with Gasteiger partial charge in [-0.25, -0.2) is 4.39 Å². The van der Waals surface area contributed by atoms with Crippen molar-refractivity contribution in [1.82, 2.24) is 0 Å². The van der Waals surface area contributed by atoms with Gasteiger partial charge in [0, 0.05) is 25.3 Å². The van der Waals surface area contributed by atoms with Crippen molar-refractivity contribution in [1.29, 1.82) is 0 Å². The van der Waals surface area contributed by atoms with E-state index in [-0.39, 0.29) is 30.5 Å². The van der Waals surface area contributed by atoms with Crippen LogP contribution in [0.25, 0.3) is 0 Å². The Morgan fingerprint density at radius 1 is 1.18 bits per heavy atom. The van der Waals surface area contributed by atoms with E-state index in [1.807, 2.05) is 24.3 Å². The van der Waals surface area contributed by atoms with Gasteiger partial charge in [-0.1, -0.05) is 24.3 Å². The molecule has 5 nitrogen and oxygen atoms in total. The van der Waals surface area contributed by atoms with Crippen LogP contribution in [0.1, 0.15) is 24.8 Å². The molecule has 1 unspecified atom stereocenters. The Hall–Kier alpha value is -2.73. The molecule has 1 heterocycles. The summed E-state index contributed by atoms with van der Waals surface area (Å²) >= 11 is 0. The highest BCUT2D eigenvalue weighted by Crippen LogP contribution is 2.29. The van der Waals surface area contributed by atoms with E-state index < -0.39 is 11.7 Å². The number of hydrogen-bond donors (Lipinski definition) is 1. The minimum absolute atomic E-state index is 0.0738. The SMILES string of the molecule is O=C(Nc1cccc(COCC2CC2)c1)C1CC(=O)N(c2ccccc2F)C1. The molecule has 0 bridgehead atoms. The number of para-hydroxylation sites is 1. The highest BCUT2D eigenvalue weighted by Gasteiger charge is 2.36. The van der Waals surface area contributed by atoms with Gasteiger partial charge in [0.2, 0.25) is 11.8 Å². The van der Waals surface area contributed by atoms with Gasteiger partial charge in [0.25, 0.3) is 0 Å². The molecular weight excluding hydrogens is 359 g/mol. The third kappa shape index (κ3) is 4.39. The summed E-state index contributed by atoms with van der Waals surface area (Å²) in [6.07, 6.45) is 2.57. The Morgan fingerprint density at radius 2 is 2.00 bits per heavy atom. The predicted molar refractivity (Wildman–Crippen MR) is 104 cm³/mol. The van der Waals surface area contributed by atoms with Gasteiger partial charge >= 0.3 is 0 Å². The third-order valence-electron chi connectivity index (χ3n) is 5.15. The largest absolute Gasteiger partial charge is 0.376 e. The summed E-state index contributed by atoms with van der Waals surface area (Å²) in [4.78, 5) is 26.3.